The third kappa shape index (κ3) is 5.06. The zero-order chi connectivity index (χ0) is 11.4. The van der Waals surface area contributed by atoms with Gasteiger partial charge in [0.15, 0.2) is 0 Å². The zero-order valence-electron chi connectivity index (χ0n) is 10.1. The molecule has 0 aliphatic carbocycles. The number of hydrogen-bond acceptors (Lipinski definition) is 2. The van der Waals surface area contributed by atoms with Crippen molar-refractivity contribution in [3.8, 4) is 0 Å². The maximum absolute atomic E-state index is 9.29. The molecular formula is C12H24OS. The minimum Gasteiger partial charge on any atom is -0.396 e. The second-order valence-corrected chi connectivity index (χ2v) is 5.90. The maximum Gasteiger partial charge on any atom is 0.0504 e. The van der Waals surface area contributed by atoms with Gasteiger partial charge in [0.05, 0.1) is 6.61 Å². The summed E-state index contributed by atoms with van der Waals surface area (Å²) >= 11 is 5.40. The van der Waals surface area contributed by atoms with Crippen LogP contribution in [0.5, 0.6) is 0 Å². The molecule has 2 heteroatoms. The van der Waals surface area contributed by atoms with Crippen LogP contribution in [-0.2, 0) is 0 Å². The quantitative estimate of drug-likeness (QED) is 0.710. The van der Waals surface area contributed by atoms with Crippen LogP contribution < -0.4 is 0 Å². The molecule has 0 spiro atoms. The lowest BCUT2D eigenvalue weighted by atomic mass is 9.82. The molecule has 1 N–H and O–H groups in total. The lowest BCUT2D eigenvalue weighted by Crippen LogP contribution is -2.29. The summed E-state index contributed by atoms with van der Waals surface area (Å²) in [6, 6.07) is 0. The van der Waals surface area contributed by atoms with Crippen LogP contribution in [0.2, 0.25) is 0 Å². The van der Waals surface area contributed by atoms with Gasteiger partial charge in [-0.1, -0.05) is 53.3 Å². The van der Waals surface area contributed by atoms with E-state index in [4.69, 9.17) is 12.2 Å². The largest absolute Gasteiger partial charge is 0.396 e. The molecule has 0 aliphatic rings. The smallest absolute Gasteiger partial charge is 0.0504 e. The summed E-state index contributed by atoms with van der Waals surface area (Å²) in [6.07, 6.45) is 2.16. The van der Waals surface area contributed by atoms with Crippen LogP contribution in [0.15, 0.2) is 0 Å². The van der Waals surface area contributed by atoms with Crippen molar-refractivity contribution in [2.24, 2.45) is 17.3 Å². The third-order valence-electron chi connectivity index (χ3n) is 2.42. The predicted molar refractivity (Wildman–Crippen MR) is 66.7 cm³/mol. The van der Waals surface area contributed by atoms with Crippen molar-refractivity contribution < 1.29 is 5.11 Å². The summed E-state index contributed by atoms with van der Waals surface area (Å²) in [5.41, 5.74) is 0.0414. The van der Waals surface area contributed by atoms with E-state index in [0.29, 0.717) is 5.92 Å². The Kier molecular flexibility index (Phi) is 5.84. The summed E-state index contributed by atoms with van der Waals surface area (Å²) in [5, 5.41) is 9.29. The van der Waals surface area contributed by atoms with Gasteiger partial charge in [0, 0.05) is 10.8 Å². The fraction of sp³-hybridized carbons (Fsp3) is 0.917. The van der Waals surface area contributed by atoms with Gasteiger partial charge in [-0.3, -0.25) is 0 Å². The molecule has 0 aromatic rings. The van der Waals surface area contributed by atoms with Gasteiger partial charge in [-0.15, -0.1) is 0 Å². The maximum atomic E-state index is 9.29. The van der Waals surface area contributed by atoms with E-state index in [9.17, 15) is 5.11 Å². The predicted octanol–water partition coefficient (Wildman–Crippen LogP) is 3.45. The summed E-state index contributed by atoms with van der Waals surface area (Å²) in [4.78, 5) is 1.01. The van der Waals surface area contributed by atoms with Crippen LogP contribution in [0.1, 0.15) is 47.5 Å². The molecule has 0 aromatic heterocycles. The standard InChI is InChI=1S/C12H24OS/c1-9(2)6-7-10(8-13)11(14)12(3,4)5/h9-10,13H,6-8H2,1-5H3/t10-/m0/s1. The highest BCUT2D eigenvalue weighted by atomic mass is 32.1. The normalized spacial score (nSPS) is 14.5. The van der Waals surface area contributed by atoms with Gasteiger partial charge in [-0.2, -0.15) is 0 Å². The van der Waals surface area contributed by atoms with E-state index in [0.717, 1.165) is 17.7 Å². The zero-order valence-corrected chi connectivity index (χ0v) is 10.9. The molecule has 1 atom stereocenters. The van der Waals surface area contributed by atoms with Crippen LogP contribution >= 0.6 is 12.2 Å². The molecule has 0 aliphatic heterocycles. The number of aliphatic hydroxyl groups is 1. The van der Waals surface area contributed by atoms with Gasteiger partial charge in [-0.25, -0.2) is 0 Å². The Balaban J connectivity index is 4.21. The molecule has 84 valence electrons. The molecule has 0 rings (SSSR count). The molecule has 0 aromatic carbocycles. The van der Waals surface area contributed by atoms with Crippen LogP contribution in [-0.4, -0.2) is 16.6 Å². The Labute approximate surface area is 93.9 Å². The van der Waals surface area contributed by atoms with Crippen molar-refractivity contribution in [3.63, 3.8) is 0 Å². The highest BCUT2D eigenvalue weighted by molar-refractivity contribution is 7.80. The molecule has 0 amide bonds. The Bertz CT molecular complexity index is 179. The molecule has 0 unspecified atom stereocenters. The summed E-state index contributed by atoms with van der Waals surface area (Å²) < 4.78 is 0. The second-order valence-electron chi connectivity index (χ2n) is 5.46. The van der Waals surface area contributed by atoms with Crippen molar-refractivity contribution in [1.29, 1.82) is 0 Å². The average Bonchev–Trinajstić information content (AvgIpc) is 2.03. The Morgan fingerprint density at radius 3 is 2.00 bits per heavy atom. The molecule has 1 nitrogen and oxygen atoms in total. The molecule has 0 radical (unpaired) electrons. The van der Waals surface area contributed by atoms with Gasteiger partial charge in [-0.05, 0) is 17.8 Å². The van der Waals surface area contributed by atoms with E-state index in [2.05, 4.69) is 34.6 Å². The van der Waals surface area contributed by atoms with Crippen LogP contribution in [0, 0.1) is 17.3 Å². The molecule has 0 saturated carbocycles. The number of thiocarbonyl (C=S) groups is 1. The van der Waals surface area contributed by atoms with Crippen LogP contribution in [0.25, 0.3) is 0 Å². The van der Waals surface area contributed by atoms with E-state index in [1.165, 1.54) is 0 Å². The topological polar surface area (TPSA) is 20.2 Å². The highest BCUT2D eigenvalue weighted by Gasteiger charge is 2.24. The van der Waals surface area contributed by atoms with Gasteiger partial charge < -0.3 is 5.11 Å². The van der Waals surface area contributed by atoms with E-state index in [-0.39, 0.29) is 17.9 Å². The van der Waals surface area contributed by atoms with Crippen molar-refractivity contribution in [3.05, 3.63) is 0 Å². The lowest BCUT2D eigenvalue weighted by molar-refractivity contribution is 0.245. The third-order valence-corrected chi connectivity index (χ3v) is 3.37. The summed E-state index contributed by atoms with van der Waals surface area (Å²) in [6.45, 7) is 11.0. The Morgan fingerprint density at radius 2 is 1.71 bits per heavy atom. The van der Waals surface area contributed by atoms with Crippen molar-refractivity contribution in [2.75, 3.05) is 6.61 Å². The van der Waals surface area contributed by atoms with E-state index < -0.39 is 0 Å². The van der Waals surface area contributed by atoms with Crippen LogP contribution in [0.4, 0.5) is 0 Å². The minimum absolute atomic E-state index is 0.0414. The minimum atomic E-state index is 0.0414. The first-order valence-corrected chi connectivity index (χ1v) is 5.85. The van der Waals surface area contributed by atoms with E-state index in [1.54, 1.807) is 0 Å². The average molecular weight is 216 g/mol. The van der Waals surface area contributed by atoms with Gasteiger partial charge in [0.2, 0.25) is 0 Å². The number of hydrogen-bond donors (Lipinski definition) is 1. The second kappa shape index (κ2) is 5.82. The SMILES string of the molecule is CC(C)CC[C@@H](CO)C(=S)C(C)(C)C. The molecule has 14 heavy (non-hydrogen) atoms. The fourth-order valence-electron chi connectivity index (χ4n) is 1.45. The van der Waals surface area contributed by atoms with Gasteiger partial charge in [0.25, 0.3) is 0 Å². The monoisotopic (exact) mass is 216 g/mol. The Hall–Kier alpha value is 0.0500. The van der Waals surface area contributed by atoms with Crippen molar-refractivity contribution in [1.82, 2.24) is 0 Å². The fourth-order valence-corrected chi connectivity index (χ4v) is 1.64. The molecule has 0 saturated heterocycles. The number of rotatable bonds is 5. The summed E-state index contributed by atoms with van der Waals surface area (Å²) in [7, 11) is 0. The van der Waals surface area contributed by atoms with Gasteiger partial charge >= 0.3 is 0 Å². The van der Waals surface area contributed by atoms with E-state index >= 15 is 0 Å². The first kappa shape index (κ1) is 14.1. The highest BCUT2D eigenvalue weighted by Crippen LogP contribution is 2.25. The first-order chi connectivity index (χ1) is 6.29. The Morgan fingerprint density at radius 1 is 1.21 bits per heavy atom. The first-order valence-electron chi connectivity index (χ1n) is 5.44. The van der Waals surface area contributed by atoms with Crippen molar-refractivity contribution >= 4 is 17.1 Å². The van der Waals surface area contributed by atoms with Crippen molar-refractivity contribution in [2.45, 2.75) is 47.5 Å². The molecule has 0 fully saturated rings. The summed E-state index contributed by atoms with van der Waals surface area (Å²) in [5.74, 6) is 0.888. The molecule has 0 bridgehead atoms. The van der Waals surface area contributed by atoms with E-state index in [1.807, 2.05) is 0 Å². The molecule has 0 heterocycles. The van der Waals surface area contributed by atoms with Gasteiger partial charge in [0.1, 0.15) is 0 Å². The molecular weight excluding hydrogens is 192 g/mol. The lowest BCUT2D eigenvalue weighted by Gasteiger charge is -2.27. The number of aliphatic hydroxyl groups excluding tert-OH is 1. The van der Waals surface area contributed by atoms with Crippen LogP contribution in [0.3, 0.4) is 0 Å².